The van der Waals surface area contributed by atoms with E-state index in [2.05, 4.69) is 19.1 Å². The number of rotatable bonds is 4. The lowest BCUT2D eigenvalue weighted by Gasteiger charge is -2.09. The standard InChI is InChI=1S/C27H20ClN5O/c1-2-17-11-13-19(14-12-17)33-25-23(24-26(33)31-22-10-6-5-9-21(22)30-24)27(34)32(16-29-25)15-18-7-3-4-8-20(18)28/h3-14,16H,2,15H2,1H3. The Labute approximate surface area is 200 Å². The first-order valence-electron chi connectivity index (χ1n) is 11.1. The van der Waals surface area contributed by atoms with Gasteiger partial charge in [-0.15, -0.1) is 0 Å². The van der Waals surface area contributed by atoms with Crippen molar-refractivity contribution in [3.63, 3.8) is 0 Å². The second-order valence-electron chi connectivity index (χ2n) is 8.21. The molecule has 0 atom stereocenters. The number of aromatic nitrogens is 5. The molecule has 0 radical (unpaired) electrons. The molecule has 0 saturated heterocycles. The van der Waals surface area contributed by atoms with E-state index in [-0.39, 0.29) is 5.56 Å². The van der Waals surface area contributed by atoms with Crippen LogP contribution in [0.25, 0.3) is 38.9 Å². The molecule has 0 saturated carbocycles. The van der Waals surface area contributed by atoms with Crippen molar-refractivity contribution in [1.29, 1.82) is 0 Å². The topological polar surface area (TPSA) is 65.6 Å². The van der Waals surface area contributed by atoms with E-state index in [1.807, 2.05) is 65.2 Å². The van der Waals surface area contributed by atoms with Crippen LogP contribution in [0.1, 0.15) is 18.1 Å². The Morgan fingerprint density at radius 2 is 1.56 bits per heavy atom. The van der Waals surface area contributed by atoms with Gasteiger partial charge < -0.3 is 0 Å². The fraction of sp³-hybridized carbons (Fsp3) is 0.111. The third-order valence-electron chi connectivity index (χ3n) is 6.13. The summed E-state index contributed by atoms with van der Waals surface area (Å²) in [6.07, 6.45) is 2.52. The van der Waals surface area contributed by atoms with Crippen LogP contribution in [-0.4, -0.2) is 24.1 Å². The third-order valence-corrected chi connectivity index (χ3v) is 6.50. The number of aryl methyl sites for hydroxylation is 1. The summed E-state index contributed by atoms with van der Waals surface area (Å²) in [7, 11) is 0. The third kappa shape index (κ3) is 3.26. The molecule has 0 fully saturated rings. The Balaban J connectivity index is 1.67. The van der Waals surface area contributed by atoms with Gasteiger partial charge in [0.05, 0.1) is 17.6 Å². The maximum atomic E-state index is 13.7. The van der Waals surface area contributed by atoms with E-state index in [1.165, 1.54) is 5.56 Å². The minimum atomic E-state index is -0.177. The summed E-state index contributed by atoms with van der Waals surface area (Å²) in [5, 5.41) is 1.06. The molecule has 34 heavy (non-hydrogen) atoms. The lowest BCUT2D eigenvalue weighted by atomic mass is 10.1. The second kappa shape index (κ2) is 8.08. The van der Waals surface area contributed by atoms with Gasteiger partial charge >= 0.3 is 0 Å². The Hall–Kier alpha value is -4.03. The van der Waals surface area contributed by atoms with Gasteiger partial charge in [0, 0.05) is 10.7 Å². The van der Waals surface area contributed by atoms with Crippen LogP contribution in [0, 0.1) is 0 Å². The summed E-state index contributed by atoms with van der Waals surface area (Å²) in [6.45, 7) is 2.44. The molecule has 0 bridgehead atoms. The van der Waals surface area contributed by atoms with Crippen LogP contribution in [0.15, 0.2) is 83.9 Å². The fourth-order valence-corrected chi connectivity index (χ4v) is 4.52. The van der Waals surface area contributed by atoms with Gasteiger partial charge in [0.25, 0.3) is 5.56 Å². The summed E-state index contributed by atoms with van der Waals surface area (Å²) in [5.41, 5.74) is 5.98. The van der Waals surface area contributed by atoms with Crippen LogP contribution in [0.4, 0.5) is 0 Å². The van der Waals surface area contributed by atoms with E-state index >= 15 is 0 Å². The molecule has 0 aliphatic rings. The molecule has 0 spiro atoms. The highest BCUT2D eigenvalue weighted by Crippen LogP contribution is 2.28. The predicted octanol–water partition coefficient (Wildman–Crippen LogP) is 5.55. The van der Waals surface area contributed by atoms with Crippen LogP contribution >= 0.6 is 11.6 Å². The molecule has 6 nitrogen and oxygen atoms in total. The van der Waals surface area contributed by atoms with E-state index in [1.54, 1.807) is 10.9 Å². The average molecular weight is 466 g/mol. The molecule has 3 heterocycles. The highest BCUT2D eigenvalue weighted by Gasteiger charge is 2.21. The Bertz CT molecular complexity index is 1750. The zero-order valence-corrected chi connectivity index (χ0v) is 19.2. The van der Waals surface area contributed by atoms with Gasteiger partial charge in [-0.1, -0.05) is 61.0 Å². The molecule has 0 unspecified atom stereocenters. The van der Waals surface area contributed by atoms with Crippen LogP contribution < -0.4 is 5.56 Å². The highest BCUT2D eigenvalue weighted by molar-refractivity contribution is 6.31. The number of halogens is 1. The smallest absolute Gasteiger partial charge is 0.265 e. The Morgan fingerprint density at radius 1 is 0.853 bits per heavy atom. The molecular weight excluding hydrogens is 446 g/mol. The van der Waals surface area contributed by atoms with Crippen molar-refractivity contribution in [2.24, 2.45) is 0 Å². The van der Waals surface area contributed by atoms with E-state index < -0.39 is 0 Å². The van der Waals surface area contributed by atoms with E-state index in [4.69, 9.17) is 26.6 Å². The van der Waals surface area contributed by atoms with Crippen molar-refractivity contribution >= 4 is 44.8 Å². The summed E-state index contributed by atoms with van der Waals surface area (Å²) >= 11 is 6.35. The van der Waals surface area contributed by atoms with Crippen LogP contribution in [-0.2, 0) is 13.0 Å². The molecule has 0 N–H and O–H groups in total. The van der Waals surface area contributed by atoms with Gasteiger partial charge in [0.2, 0.25) is 0 Å². The molecule has 3 aromatic carbocycles. The zero-order valence-electron chi connectivity index (χ0n) is 18.4. The average Bonchev–Trinajstić information content (AvgIpc) is 3.19. The van der Waals surface area contributed by atoms with Crippen molar-refractivity contribution in [1.82, 2.24) is 24.1 Å². The minimum absolute atomic E-state index is 0.177. The second-order valence-corrected chi connectivity index (χ2v) is 8.61. The van der Waals surface area contributed by atoms with Gasteiger partial charge in [-0.3, -0.25) is 13.9 Å². The van der Waals surface area contributed by atoms with Gasteiger partial charge in [-0.2, -0.15) is 0 Å². The quantitative estimate of drug-likeness (QED) is 0.342. The lowest BCUT2D eigenvalue weighted by Crippen LogP contribution is -2.21. The highest BCUT2D eigenvalue weighted by atomic mass is 35.5. The number of benzene rings is 3. The van der Waals surface area contributed by atoms with Gasteiger partial charge in [-0.05, 0) is 47.9 Å². The van der Waals surface area contributed by atoms with Crippen LogP contribution in [0.5, 0.6) is 0 Å². The monoisotopic (exact) mass is 465 g/mol. The molecular formula is C27H20ClN5O. The van der Waals surface area contributed by atoms with Crippen molar-refractivity contribution in [3.8, 4) is 5.69 Å². The molecule has 6 aromatic rings. The first-order chi connectivity index (χ1) is 16.6. The van der Waals surface area contributed by atoms with E-state index in [9.17, 15) is 4.79 Å². The van der Waals surface area contributed by atoms with Gasteiger partial charge in [0.1, 0.15) is 17.2 Å². The summed E-state index contributed by atoms with van der Waals surface area (Å²) in [4.78, 5) is 28.2. The molecule has 0 aliphatic carbocycles. The van der Waals surface area contributed by atoms with E-state index in [0.29, 0.717) is 33.8 Å². The summed E-state index contributed by atoms with van der Waals surface area (Å²) < 4.78 is 3.50. The van der Waals surface area contributed by atoms with Crippen molar-refractivity contribution in [2.45, 2.75) is 19.9 Å². The Morgan fingerprint density at radius 3 is 2.29 bits per heavy atom. The minimum Gasteiger partial charge on any atom is -0.294 e. The van der Waals surface area contributed by atoms with Crippen molar-refractivity contribution in [3.05, 3.63) is 106 Å². The maximum Gasteiger partial charge on any atom is 0.265 e. The first kappa shape index (κ1) is 20.6. The summed E-state index contributed by atoms with van der Waals surface area (Å²) in [5.74, 6) is 0. The zero-order chi connectivity index (χ0) is 23.2. The predicted molar refractivity (Wildman–Crippen MR) is 136 cm³/mol. The van der Waals surface area contributed by atoms with Crippen molar-refractivity contribution in [2.75, 3.05) is 0 Å². The number of para-hydroxylation sites is 2. The maximum absolute atomic E-state index is 13.7. The number of hydrogen-bond acceptors (Lipinski definition) is 4. The fourth-order valence-electron chi connectivity index (χ4n) is 4.32. The SMILES string of the molecule is CCc1ccc(-n2c3nc4ccccc4nc3c3c(=O)n(Cc4ccccc4Cl)cnc32)cc1. The normalized spacial score (nSPS) is 11.6. The molecule has 0 amide bonds. The largest absolute Gasteiger partial charge is 0.294 e. The Kier molecular flexibility index (Phi) is 4.89. The molecule has 0 aliphatic heterocycles. The van der Waals surface area contributed by atoms with Crippen molar-refractivity contribution < 1.29 is 0 Å². The molecule has 3 aromatic heterocycles. The molecule has 166 valence electrons. The van der Waals surface area contributed by atoms with Gasteiger partial charge in [-0.25, -0.2) is 15.0 Å². The van der Waals surface area contributed by atoms with Crippen LogP contribution in [0.2, 0.25) is 5.02 Å². The number of fused-ring (bicyclic) bond motifs is 4. The lowest BCUT2D eigenvalue weighted by molar-refractivity contribution is 0.747. The number of hydrogen-bond donors (Lipinski definition) is 0. The van der Waals surface area contributed by atoms with Gasteiger partial charge in [0.15, 0.2) is 11.3 Å². The molecule has 7 heteroatoms. The molecule has 6 rings (SSSR count). The van der Waals surface area contributed by atoms with E-state index in [0.717, 1.165) is 28.7 Å². The number of nitrogens with zero attached hydrogens (tertiary/aromatic N) is 5. The first-order valence-corrected chi connectivity index (χ1v) is 11.5. The van der Waals surface area contributed by atoms with Crippen LogP contribution in [0.3, 0.4) is 0 Å². The summed E-state index contributed by atoms with van der Waals surface area (Å²) in [6, 6.07) is 23.4.